The first-order valence-corrected chi connectivity index (χ1v) is 7.02. The van der Waals surface area contributed by atoms with E-state index in [0.29, 0.717) is 22.3 Å². The van der Waals surface area contributed by atoms with E-state index < -0.39 is 17.6 Å². The van der Waals surface area contributed by atoms with Crippen LogP contribution in [0.2, 0.25) is 0 Å². The third-order valence-corrected chi connectivity index (χ3v) is 3.60. The summed E-state index contributed by atoms with van der Waals surface area (Å²) in [5, 5.41) is 3.74. The normalized spacial score (nSPS) is 11.6. The van der Waals surface area contributed by atoms with Gasteiger partial charge in [-0.05, 0) is 23.8 Å². The van der Waals surface area contributed by atoms with Crippen LogP contribution in [0.4, 0.5) is 18.9 Å². The van der Waals surface area contributed by atoms with Gasteiger partial charge in [-0.25, -0.2) is 4.98 Å². The number of aromatic amines is 1. The van der Waals surface area contributed by atoms with E-state index >= 15 is 0 Å². The van der Waals surface area contributed by atoms with Crippen molar-refractivity contribution in [1.29, 1.82) is 0 Å². The number of benzene rings is 1. The number of H-pyrrole nitrogens is 1. The molecular weight excluding hydrogens is 321 g/mol. The van der Waals surface area contributed by atoms with Crippen LogP contribution < -0.4 is 11.1 Å². The van der Waals surface area contributed by atoms with E-state index in [1.165, 1.54) is 18.3 Å². The van der Waals surface area contributed by atoms with E-state index in [0.717, 1.165) is 12.1 Å². The fraction of sp³-hybridized carbons (Fsp3) is 0.125. The number of carbonyl (C=O) groups excluding carboxylic acids is 1. The minimum atomic E-state index is -4.37. The van der Waals surface area contributed by atoms with Gasteiger partial charge < -0.3 is 16.0 Å². The Bertz CT molecular complexity index is 884. The average Bonchev–Trinajstić information content (AvgIpc) is 3.00. The molecule has 124 valence electrons. The van der Waals surface area contributed by atoms with E-state index in [2.05, 4.69) is 15.3 Å². The number of pyridine rings is 1. The number of alkyl halides is 3. The van der Waals surface area contributed by atoms with Crippen LogP contribution in [0.3, 0.4) is 0 Å². The Balaban J connectivity index is 1.86. The lowest BCUT2D eigenvalue weighted by molar-refractivity contribution is -0.137. The number of nitrogens with one attached hydrogen (secondary N) is 2. The third kappa shape index (κ3) is 3.03. The van der Waals surface area contributed by atoms with Gasteiger partial charge in [0.1, 0.15) is 5.65 Å². The summed E-state index contributed by atoms with van der Waals surface area (Å²) < 4.78 is 37.7. The summed E-state index contributed by atoms with van der Waals surface area (Å²) in [6.45, 7) is 0.239. The predicted molar refractivity (Wildman–Crippen MR) is 83.4 cm³/mol. The summed E-state index contributed by atoms with van der Waals surface area (Å²) in [6.07, 6.45) is -1.34. The highest BCUT2D eigenvalue weighted by Gasteiger charge is 2.29. The van der Waals surface area contributed by atoms with Gasteiger partial charge in [0.05, 0.1) is 16.8 Å². The molecule has 0 aliphatic carbocycles. The first-order valence-electron chi connectivity index (χ1n) is 7.02. The number of aromatic nitrogens is 2. The van der Waals surface area contributed by atoms with Crippen LogP contribution >= 0.6 is 0 Å². The monoisotopic (exact) mass is 334 g/mol. The molecular formula is C16H13F3N4O. The Hall–Kier alpha value is -3.03. The van der Waals surface area contributed by atoms with Gasteiger partial charge in [0.25, 0.3) is 5.91 Å². The molecule has 2 heterocycles. The molecule has 3 aromatic rings. The summed E-state index contributed by atoms with van der Waals surface area (Å²) in [5.41, 5.74) is 6.58. The van der Waals surface area contributed by atoms with Gasteiger partial charge in [-0.2, -0.15) is 13.2 Å². The molecule has 0 aliphatic heterocycles. The van der Waals surface area contributed by atoms with Gasteiger partial charge in [0.15, 0.2) is 0 Å². The van der Waals surface area contributed by atoms with Crippen molar-refractivity contribution in [3.63, 3.8) is 0 Å². The number of anilines is 1. The largest absolute Gasteiger partial charge is 0.416 e. The van der Waals surface area contributed by atoms with Gasteiger partial charge in [-0.1, -0.05) is 12.1 Å². The lowest BCUT2D eigenvalue weighted by Crippen LogP contribution is -2.15. The molecule has 0 radical (unpaired) electrons. The van der Waals surface area contributed by atoms with Crippen LogP contribution in [0.5, 0.6) is 0 Å². The first kappa shape index (κ1) is 15.9. The van der Waals surface area contributed by atoms with E-state index in [1.807, 2.05) is 0 Å². The number of halogens is 3. The maximum atomic E-state index is 12.6. The zero-order valence-corrected chi connectivity index (χ0v) is 12.3. The Morgan fingerprint density at radius 1 is 1.21 bits per heavy atom. The van der Waals surface area contributed by atoms with E-state index in [4.69, 9.17) is 5.73 Å². The molecule has 5 nitrogen and oxygen atoms in total. The molecule has 3 rings (SSSR count). The summed E-state index contributed by atoms with van der Waals surface area (Å²) in [4.78, 5) is 18.6. The lowest BCUT2D eigenvalue weighted by atomic mass is 10.1. The zero-order chi connectivity index (χ0) is 17.3. The number of nitrogens with zero attached hydrogens (tertiary/aromatic N) is 1. The van der Waals surface area contributed by atoms with Crippen molar-refractivity contribution >= 4 is 22.6 Å². The lowest BCUT2D eigenvalue weighted by Gasteiger charge is -2.12. The molecule has 1 aromatic carbocycles. The molecule has 0 aliphatic rings. The second kappa shape index (κ2) is 5.88. The predicted octanol–water partition coefficient (Wildman–Crippen LogP) is 3.29. The number of hydrogen-bond donors (Lipinski definition) is 3. The molecule has 0 fully saturated rings. The minimum Gasteiger partial charge on any atom is -0.380 e. The fourth-order valence-electron chi connectivity index (χ4n) is 2.39. The number of nitrogens with two attached hydrogens (primary N) is 1. The van der Waals surface area contributed by atoms with Crippen molar-refractivity contribution in [2.45, 2.75) is 12.7 Å². The molecule has 0 atom stereocenters. The molecule has 0 saturated heterocycles. The number of fused-ring (bicyclic) bond motifs is 1. The van der Waals surface area contributed by atoms with Crippen LogP contribution in [0.25, 0.3) is 11.0 Å². The highest BCUT2D eigenvalue weighted by atomic mass is 19.4. The average molecular weight is 334 g/mol. The fourth-order valence-corrected chi connectivity index (χ4v) is 2.39. The van der Waals surface area contributed by atoms with Crippen molar-refractivity contribution in [3.05, 3.63) is 59.4 Å². The van der Waals surface area contributed by atoms with Crippen molar-refractivity contribution in [3.8, 4) is 0 Å². The minimum absolute atomic E-state index is 0.217. The zero-order valence-electron chi connectivity index (χ0n) is 12.3. The number of hydrogen-bond acceptors (Lipinski definition) is 3. The van der Waals surface area contributed by atoms with Crippen molar-refractivity contribution in [1.82, 2.24) is 9.97 Å². The molecule has 0 unspecified atom stereocenters. The van der Waals surface area contributed by atoms with Gasteiger partial charge in [-0.3, -0.25) is 4.79 Å². The Labute approximate surface area is 134 Å². The number of amides is 1. The molecule has 2 aromatic heterocycles. The van der Waals surface area contributed by atoms with Crippen LogP contribution in [0.15, 0.2) is 42.7 Å². The molecule has 0 saturated carbocycles. The Kier molecular flexibility index (Phi) is 3.88. The quantitative estimate of drug-likeness (QED) is 0.684. The smallest absolute Gasteiger partial charge is 0.380 e. The highest BCUT2D eigenvalue weighted by molar-refractivity contribution is 6.05. The molecule has 4 N–H and O–H groups in total. The van der Waals surface area contributed by atoms with Crippen LogP contribution in [-0.2, 0) is 12.7 Å². The van der Waals surface area contributed by atoms with Crippen molar-refractivity contribution < 1.29 is 18.0 Å². The van der Waals surface area contributed by atoms with Crippen LogP contribution in [0, 0.1) is 0 Å². The maximum absolute atomic E-state index is 12.6. The van der Waals surface area contributed by atoms with Crippen molar-refractivity contribution in [2.75, 3.05) is 5.32 Å². The molecule has 0 bridgehead atoms. The Morgan fingerprint density at radius 2 is 1.92 bits per heavy atom. The standard InChI is InChI=1S/C16H13F3N4O/c17-16(18,19)10-3-1-9(2-4-10)7-22-13-11-5-6-21-15(11)23-8-12(13)14(20)24/h1-6,8H,7H2,(H2,20,24)(H2,21,22,23). The molecule has 1 amide bonds. The number of primary amides is 1. The summed E-state index contributed by atoms with van der Waals surface area (Å²) in [6, 6.07) is 6.54. The summed E-state index contributed by atoms with van der Waals surface area (Å²) in [5.74, 6) is -0.638. The van der Waals surface area contributed by atoms with Crippen LogP contribution in [-0.4, -0.2) is 15.9 Å². The van der Waals surface area contributed by atoms with E-state index in [-0.39, 0.29) is 12.1 Å². The first-order chi connectivity index (χ1) is 11.4. The SMILES string of the molecule is NC(=O)c1cnc2[nH]ccc2c1NCc1ccc(C(F)(F)F)cc1. The van der Waals surface area contributed by atoms with E-state index in [1.54, 1.807) is 12.3 Å². The Morgan fingerprint density at radius 3 is 2.54 bits per heavy atom. The van der Waals surface area contributed by atoms with E-state index in [9.17, 15) is 18.0 Å². The third-order valence-electron chi connectivity index (χ3n) is 3.60. The highest BCUT2D eigenvalue weighted by Crippen LogP contribution is 2.29. The van der Waals surface area contributed by atoms with Gasteiger partial charge in [-0.15, -0.1) is 0 Å². The summed E-state index contributed by atoms with van der Waals surface area (Å²) in [7, 11) is 0. The molecule has 0 spiro atoms. The van der Waals surface area contributed by atoms with Crippen LogP contribution in [0.1, 0.15) is 21.5 Å². The molecule has 24 heavy (non-hydrogen) atoms. The second-order valence-electron chi connectivity index (χ2n) is 5.20. The van der Waals surface area contributed by atoms with Gasteiger partial charge in [0, 0.05) is 24.3 Å². The topological polar surface area (TPSA) is 83.8 Å². The number of rotatable bonds is 4. The number of carbonyl (C=O) groups is 1. The summed E-state index contributed by atoms with van der Waals surface area (Å²) >= 11 is 0. The van der Waals surface area contributed by atoms with Crippen molar-refractivity contribution in [2.24, 2.45) is 5.73 Å². The van der Waals surface area contributed by atoms with Gasteiger partial charge >= 0.3 is 6.18 Å². The maximum Gasteiger partial charge on any atom is 0.416 e. The van der Waals surface area contributed by atoms with Gasteiger partial charge in [0.2, 0.25) is 0 Å². The molecule has 8 heteroatoms. The second-order valence-corrected chi connectivity index (χ2v) is 5.20.